The molecule has 1 N–H and O–H groups in total. The van der Waals surface area contributed by atoms with Gasteiger partial charge in [0, 0.05) is 31.0 Å². The first kappa shape index (κ1) is 16.0. The van der Waals surface area contributed by atoms with E-state index in [9.17, 15) is 9.18 Å². The molecule has 0 radical (unpaired) electrons. The van der Waals surface area contributed by atoms with Crippen LogP contribution in [-0.4, -0.2) is 59.1 Å². The van der Waals surface area contributed by atoms with E-state index >= 15 is 0 Å². The Morgan fingerprint density at radius 1 is 1.17 bits per heavy atom. The molecule has 0 amide bonds. The van der Waals surface area contributed by atoms with Gasteiger partial charge in [0.15, 0.2) is 0 Å². The number of benzene rings is 1. The first-order chi connectivity index (χ1) is 11.6. The molecule has 5 rings (SSSR count). The Labute approximate surface area is 142 Å². The number of likely N-dealkylation sites (tertiary alicyclic amines) is 1. The van der Waals surface area contributed by atoms with Crippen LogP contribution in [0.3, 0.4) is 0 Å². The highest BCUT2D eigenvalue weighted by Gasteiger charge is 2.52. The largest absolute Gasteiger partial charge is 0.481 e. The molecule has 2 bridgehead atoms. The van der Waals surface area contributed by atoms with Crippen molar-refractivity contribution in [2.75, 3.05) is 26.2 Å². The second-order valence-corrected chi connectivity index (χ2v) is 7.50. The monoisotopic (exact) mass is 332 g/mol. The molecule has 4 heterocycles. The molecule has 4 fully saturated rings. The number of carbonyl (C=O) groups is 1. The Kier molecular flexibility index (Phi) is 4.31. The number of hydrogen-bond donors (Lipinski definition) is 1. The van der Waals surface area contributed by atoms with E-state index in [1.165, 1.54) is 31.5 Å². The molecule has 0 aliphatic carbocycles. The number of aliphatic carboxylic acids is 1. The van der Waals surface area contributed by atoms with Crippen molar-refractivity contribution in [1.29, 1.82) is 0 Å². The minimum absolute atomic E-state index is 0.183. The fourth-order valence-corrected chi connectivity index (χ4v) is 5.23. The highest BCUT2D eigenvalue weighted by Crippen LogP contribution is 2.46. The molecular weight excluding hydrogens is 307 g/mol. The fourth-order valence-electron chi connectivity index (χ4n) is 5.23. The molecule has 4 aliphatic rings. The van der Waals surface area contributed by atoms with Crippen LogP contribution in [0, 0.1) is 11.7 Å². The minimum atomic E-state index is -0.713. The lowest BCUT2D eigenvalue weighted by Gasteiger charge is -2.51. The summed E-state index contributed by atoms with van der Waals surface area (Å²) < 4.78 is 13.3. The van der Waals surface area contributed by atoms with Gasteiger partial charge in [-0.1, -0.05) is 12.1 Å². The zero-order chi connectivity index (χ0) is 16.7. The zero-order valence-corrected chi connectivity index (χ0v) is 13.9. The highest BCUT2D eigenvalue weighted by molar-refractivity contribution is 5.66. The Morgan fingerprint density at radius 3 is 2.54 bits per heavy atom. The summed E-state index contributed by atoms with van der Waals surface area (Å²) in [5, 5.41) is 8.92. The van der Waals surface area contributed by atoms with Crippen LogP contribution in [-0.2, 0) is 4.79 Å². The van der Waals surface area contributed by atoms with Gasteiger partial charge in [-0.15, -0.1) is 0 Å². The molecule has 5 heteroatoms. The van der Waals surface area contributed by atoms with Crippen molar-refractivity contribution in [3.05, 3.63) is 35.6 Å². The van der Waals surface area contributed by atoms with Gasteiger partial charge in [-0.05, 0) is 62.5 Å². The van der Waals surface area contributed by atoms with E-state index in [0.717, 1.165) is 19.0 Å². The first-order valence-electron chi connectivity index (χ1n) is 9.09. The fraction of sp³-hybridized carbons (Fsp3) is 0.632. The summed E-state index contributed by atoms with van der Waals surface area (Å²) in [7, 11) is 0. The molecule has 1 aromatic carbocycles. The second kappa shape index (κ2) is 6.45. The van der Waals surface area contributed by atoms with Crippen molar-refractivity contribution in [1.82, 2.24) is 9.80 Å². The summed E-state index contributed by atoms with van der Waals surface area (Å²) in [5.41, 5.74) is 1.22. The summed E-state index contributed by atoms with van der Waals surface area (Å²) in [6.45, 7) is 4.17. The summed E-state index contributed by atoms with van der Waals surface area (Å²) in [6.07, 6.45) is 3.46. The molecule has 24 heavy (non-hydrogen) atoms. The van der Waals surface area contributed by atoms with Gasteiger partial charge in [0.2, 0.25) is 0 Å². The third kappa shape index (κ3) is 2.84. The van der Waals surface area contributed by atoms with Crippen LogP contribution in [0.15, 0.2) is 24.3 Å². The van der Waals surface area contributed by atoms with Crippen LogP contribution < -0.4 is 0 Å². The predicted octanol–water partition coefficient (Wildman–Crippen LogP) is 2.55. The van der Waals surface area contributed by atoms with E-state index in [1.807, 2.05) is 12.1 Å². The smallest absolute Gasteiger partial charge is 0.303 e. The van der Waals surface area contributed by atoms with Crippen LogP contribution in [0.2, 0.25) is 0 Å². The number of rotatable bonds is 5. The number of carboxylic acids is 1. The molecule has 4 nitrogen and oxygen atoms in total. The number of hydrogen-bond acceptors (Lipinski definition) is 3. The number of nitrogens with zero attached hydrogens (tertiary/aromatic N) is 2. The molecule has 1 aromatic rings. The van der Waals surface area contributed by atoms with E-state index in [1.54, 1.807) is 12.1 Å². The van der Waals surface area contributed by atoms with Crippen LogP contribution in [0.1, 0.15) is 37.2 Å². The number of piperidine rings is 3. The van der Waals surface area contributed by atoms with Gasteiger partial charge in [-0.2, -0.15) is 0 Å². The van der Waals surface area contributed by atoms with Gasteiger partial charge in [0.1, 0.15) is 5.82 Å². The lowest BCUT2D eigenvalue weighted by atomic mass is 9.75. The van der Waals surface area contributed by atoms with E-state index in [-0.39, 0.29) is 12.2 Å². The van der Waals surface area contributed by atoms with Crippen molar-refractivity contribution in [3.8, 4) is 0 Å². The molecule has 0 aromatic heterocycles. The third-order valence-electron chi connectivity index (χ3n) is 6.23. The Hall–Kier alpha value is -1.46. The lowest BCUT2D eigenvalue weighted by molar-refractivity contribution is -0.137. The average Bonchev–Trinajstić information content (AvgIpc) is 2.98. The highest BCUT2D eigenvalue weighted by atomic mass is 19.1. The van der Waals surface area contributed by atoms with Gasteiger partial charge in [0.25, 0.3) is 0 Å². The maximum Gasteiger partial charge on any atom is 0.303 e. The van der Waals surface area contributed by atoms with Crippen LogP contribution >= 0.6 is 0 Å². The van der Waals surface area contributed by atoms with Crippen molar-refractivity contribution in [3.63, 3.8) is 0 Å². The third-order valence-corrected chi connectivity index (χ3v) is 6.23. The molecular formula is C19H25FN2O2. The average molecular weight is 332 g/mol. The molecule has 0 spiro atoms. The Balaban J connectivity index is 1.56. The molecule has 3 atom stereocenters. The molecule has 0 saturated carbocycles. The molecule has 4 aliphatic heterocycles. The van der Waals surface area contributed by atoms with E-state index in [4.69, 9.17) is 5.11 Å². The normalized spacial score (nSPS) is 35.1. The summed E-state index contributed by atoms with van der Waals surface area (Å²) in [5.74, 6) is 0.241. The van der Waals surface area contributed by atoms with Gasteiger partial charge in [0.05, 0.1) is 0 Å². The molecule has 4 saturated heterocycles. The van der Waals surface area contributed by atoms with Crippen LogP contribution in [0.5, 0.6) is 0 Å². The van der Waals surface area contributed by atoms with Gasteiger partial charge < -0.3 is 5.11 Å². The maximum absolute atomic E-state index is 13.3. The van der Waals surface area contributed by atoms with Crippen molar-refractivity contribution >= 4 is 5.97 Å². The van der Waals surface area contributed by atoms with Crippen molar-refractivity contribution < 1.29 is 14.3 Å². The summed E-state index contributed by atoms with van der Waals surface area (Å²) in [6, 6.07) is 8.04. The van der Waals surface area contributed by atoms with Gasteiger partial charge in [-0.3, -0.25) is 14.6 Å². The van der Waals surface area contributed by atoms with Gasteiger partial charge >= 0.3 is 5.97 Å². The zero-order valence-electron chi connectivity index (χ0n) is 13.9. The van der Waals surface area contributed by atoms with Crippen LogP contribution in [0.4, 0.5) is 4.39 Å². The van der Waals surface area contributed by atoms with Crippen molar-refractivity contribution in [2.45, 2.75) is 43.7 Å². The quantitative estimate of drug-likeness (QED) is 0.900. The van der Waals surface area contributed by atoms with E-state index < -0.39 is 5.97 Å². The second-order valence-electron chi connectivity index (χ2n) is 7.50. The topological polar surface area (TPSA) is 43.8 Å². The van der Waals surface area contributed by atoms with Crippen LogP contribution in [0.25, 0.3) is 0 Å². The molecule has 0 unspecified atom stereocenters. The summed E-state index contributed by atoms with van der Waals surface area (Å²) >= 11 is 0. The standard InChI is InChI=1S/C19H25FN2O2/c20-15-5-3-13(4-6-15)16-12-22(9-1-2-17(23)24)18-14-7-10-21(11-8-14)19(16)18/h3-6,14,16,18-19H,1-2,7-12H2,(H,23,24)/t16-,18+,19+/m1/s1. The Bertz CT molecular complexity index is 598. The van der Waals surface area contributed by atoms with E-state index in [2.05, 4.69) is 9.80 Å². The lowest BCUT2D eigenvalue weighted by Crippen LogP contribution is -2.60. The Morgan fingerprint density at radius 2 is 1.88 bits per heavy atom. The van der Waals surface area contributed by atoms with E-state index in [0.29, 0.717) is 24.4 Å². The number of carboxylic acid groups (broad SMARTS) is 1. The predicted molar refractivity (Wildman–Crippen MR) is 89.5 cm³/mol. The number of fused-ring (bicyclic) bond motifs is 2. The first-order valence-corrected chi connectivity index (χ1v) is 9.09. The summed E-state index contributed by atoms with van der Waals surface area (Å²) in [4.78, 5) is 16.0. The van der Waals surface area contributed by atoms with Gasteiger partial charge in [-0.25, -0.2) is 4.39 Å². The number of halogens is 1. The molecule has 130 valence electrons. The maximum atomic E-state index is 13.3. The minimum Gasteiger partial charge on any atom is -0.481 e. The van der Waals surface area contributed by atoms with Crippen molar-refractivity contribution in [2.24, 2.45) is 5.92 Å². The SMILES string of the molecule is O=C(O)CCCN1C[C@H](c2ccc(F)cc2)[C@H]2[C@@H]1C1CCN2CC1.